The SMILES string of the molecule is CCCCCCSc1nn2c(O)cc(=O)nc2s1. The van der Waals surface area contributed by atoms with Gasteiger partial charge >= 0.3 is 0 Å². The third kappa shape index (κ3) is 3.23. The lowest BCUT2D eigenvalue weighted by Gasteiger charge is -1.96. The van der Waals surface area contributed by atoms with Gasteiger partial charge in [0, 0.05) is 5.75 Å². The normalized spacial score (nSPS) is 11.2. The molecule has 0 saturated carbocycles. The maximum absolute atomic E-state index is 11.1. The molecule has 2 aromatic rings. The predicted molar refractivity (Wildman–Crippen MR) is 73.7 cm³/mol. The van der Waals surface area contributed by atoms with Crippen LogP contribution in [0.2, 0.25) is 0 Å². The first-order valence-corrected chi connectivity index (χ1v) is 7.73. The zero-order valence-electron chi connectivity index (χ0n) is 10.1. The zero-order chi connectivity index (χ0) is 13.0. The Labute approximate surface area is 113 Å². The summed E-state index contributed by atoms with van der Waals surface area (Å²) in [5.41, 5.74) is -0.435. The Bertz CT molecular complexity index is 579. The van der Waals surface area contributed by atoms with Crippen LogP contribution < -0.4 is 5.56 Å². The van der Waals surface area contributed by atoms with E-state index in [-0.39, 0.29) is 5.88 Å². The zero-order valence-corrected chi connectivity index (χ0v) is 11.8. The van der Waals surface area contributed by atoms with Gasteiger partial charge in [-0.3, -0.25) is 4.79 Å². The van der Waals surface area contributed by atoms with Crippen LogP contribution in [0, 0.1) is 0 Å². The minimum absolute atomic E-state index is 0.154. The molecule has 98 valence electrons. The highest BCUT2D eigenvalue weighted by Gasteiger charge is 2.08. The standard InChI is InChI=1S/C11H15N3O2S2/c1-2-3-4-5-6-17-11-13-14-9(16)7-8(15)12-10(14)18-11/h7,16H,2-6H2,1H3. The third-order valence-corrected chi connectivity index (χ3v) is 4.57. The summed E-state index contributed by atoms with van der Waals surface area (Å²) in [5, 5.41) is 13.8. The molecule has 0 spiro atoms. The number of rotatable bonds is 6. The molecule has 0 radical (unpaired) electrons. The van der Waals surface area contributed by atoms with Crippen LogP contribution >= 0.6 is 23.1 Å². The molecule has 0 amide bonds. The Morgan fingerprint density at radius 1 is 1.44 bits per heavy atom. The predicted octanol–water partition coefficient (Wildman–Crippen LogP) is 2.53. The van der Waals surface area contributed by atoms with E-state index in [2.05, 4.69) is 17.0 Å². The van der Waals surface area contributed by atoms with Crippen molar-refractivity contribution in [2.45, 2.75) is 36.9 Å². The van der Waals surface area contributed by atoms with Crippen molar-refractivity contribution in [2.24, 2.45) is 0 Å². The monoisotopic (exact) mass is 285 g/mol. The van der Waals surface area contributed by atoms with Crippen molar-refractivity contribution in [1.82, 2.24) is 14.6 Å². The Morgan fingerprint density at radius 2 is 2.28 bits per heavy atom. The van der Waals surface area contributed by atoms with Crippen LogP contribution in [-0.2, 0) is 0 Å². The first-order valence-electron chi connectivity index (χ1n) is 5.93. The highest BCUT2D eigenvalue weighted by Crippen LogP contribution is 2.26. The van der Waals surface area contributed by atoms with Crippen LogP contribution in [0.25, 0.3) is 4.96 Å². The van der Waals surface area contributed by atoms with Crippen LogP contribution in [0.3, 0.4) is 0 Å². The molecule has 0 aliphatic carbocycles. The topological polar surface area (TPSA) is 67.5 Å². The first-order chi connectivity index (χ1) is 8.70. The number of aromatic hydroxyl groups is 1. The molecule has 0 saturated heterocycles. The number of fused-ring (bicyclic) bond motifs is 1. The van der Waals surface area contributed by atoms with Crippen molar-refractivity contribution >= 4 is 28.1 Å². The summed E-state index contributed by atoms with van der Waals surface area (Å²) in [6.45, 7) is 2.19. The van der Waals surface area contributed by atoms with Crippen LogP contribution in [0.4, 0.5) is 0 Å². The van der Waals surface area contributed by atoms with Gasteiger partial charge in [0.05, 0.1) is 6.07 Å². The van der Waals surface area contributed by atoms with E-state index in [9.17, 15) is 9.90 Å². The van der Waals surface area contributed by atoms with Gasteiger partial charge in [0.2, 0.25) is 10.8 Å². The van der Waals surface area contributed by atoms with E-state index in [1.165, 1.54) is 35.1 Å². The van der Waals surface area contributed by atoms with E-state index in [0.717, 1.165) is 22.6 Å². The van der Waals surface area contributed by atoms with E-state index in [1.54, 1.807) is 11.8 Å². The summed E-state index contributed by atoms with van der Waals surface area (Å²) < 4.78 is 2.14. The van der Waals surface area contributed by atoms with Gasteiger partial charge in [0.25, 0.3) is 5.56 Å². The molecule has 2 rings (SSSR count). The van der Waals surface area contributed by atoms with Crippen LogP contribution in [0.5, 0.6) is 5.88 Å². The third-order valence-electron chi connectivity index (χ3n) is 2.44. The van der Waals surface area contributed by atoms with Crippen molar-refractivity contribution in [3.8, 4) is 5.88 Å². The van der Waals surface area contributed by atoms with Gasteiger partial charge in [-0.05, 0) is 6.42 Å². The molecule has 0 unspecified atom stereocenters. The van der Waals surface area contributed by atoms with E-state index >= 15 is 0 Å². The van der Waals surface area contributed by atoms with Crippen molar-refractivity contribution in [3.05, 3.63) is 16.4 Å². The van der Waals surface area contributed by atoms with E-state index < -0.39 is 5.56 Å². The van der Waals surface area contributed by atoms with Crippen molar-refractivity contribution in [3.63, 3.8) is 0 Å². The average Bonchev–Trinajstić information content (AvgIpc) is 2.72. The van der Waals surface area contributed by atoms with Gasteiger partial charge in [-0.1, -0.05) is 49.3 Å². The molecule has 0 aliphatic heterocycles. The minimum atomic E-state index is -0.435. The molecule has 0 atom stereocenters. The average molecular weight is 285 g/mol. The maximum atomic E-state index is 11.1. The largest absolute Gasteiger partial charge is 0.493 e. The van der Waals surface area contributed by atoms with Gasteiger partial charge in [-0.15, -0.1) is 5.10 Å². The molecule has 0 bridgehead atoms. The molecule has 18 heavy (non-hydrogen) atoms. The summed E-state index contributed by atoms with van der Waals surface area (Å²) in [4.78, 5) is 15.4. The summed E-state index contributed by atoms with van der Waals surface area (Å²) >= 11 is 2.98. The van der Waals surface area contributed by atoms with Gasteiger partial charge in [0.1, 0.15) is 0 Å². The van der Waals surface area contributed by atoms with Crippen molar-refractivity contribution < 1.29 is 5.11 Å². The quantitative estimate of drug-likeness (QED) is 0.652. The summed E-state index contributed by atoms with van der Waals surface area (Å²) in [7, 11) is 0. The molecule has 2 heterocycles. The number of aromatic nitrogens is 3. The molecule has 2 aromatic heterocycles. The fourth-order valence-corrected chi connectivity index (χ4v) is 3.54. The van der Waals surface area contributed by atoms with Crippen LogP contribution in [0.1, 0.15) is 32.6 Å². The lowest BCUT2D eigenvalue weighted by atomic mass is 10.2. The lowest BCUT2D eigenvalue weighted by Crippen LogP contribution is -2.06. The Morgan fingerprint density at radius 3 is 3.06 bits per heavy atom. The van der Waals surface area contributed by atoms with E-state index in [1.807, 2.05) is 0 Å². The van der Waals surface area contributed by atoms with Gasteiger partial charge in [0.15, 0.2) is 4.34 Å². The first kappa shape index (κ1) is 13.4. The molecular formula is C11H15N3O2S2. The molecule has 7 heteroatoms. The molecule has 0 aromatic carbocycles. The number of nitrogens with zero attached hydrogens (tertiary/aromatic N) is 3. The van der Waals surface area contributed by atoms with Gasteiger partial charge in [-0.2, -0.15) is 9.50 Å². The molecule has 1 N–H and O–H groups in total. The lowest BCUT2D eigenvalue weighted by molar-refractivity contribution is 0.433. The number of thioether (sulfide) groups is 1. The van der Waals surface area contributed by atoms with Crippen LogP contribution in [-0.4, -0.2) is 25.5 Å². The van der Waals surface area contributed by atoms with E-state index in [0.29, 0.717) is 4.96 Å². The summed E-state index contributed by atoms with van der Waals surface area (Å²) in [5.74, 6) is 0.852. The minimum Gasteiger partial charge on any atom is -0.493 e. The molecule has 5 nitrogen and oxygen atoms in total. The molecular weight excluding hydrogens is 270 g/mol. The second-order valence-corrected chi connectivity index (χ2v) is 6.22. The van der Waals surface area contributed by atoms with Crippen LogP contribution in [0.15, 0.2) is 15.2 Å². The molecule has 0 fully saturated rings. The summed E-state index contributed by atoms with van der Waals surface area (Å²) in [6.07, 6.45) is 4.88. The Balaban J connectivity index is 2.02. The summed E-state index contributed by atoms with van der Waals surface area (Å²) in [6, 6.07) is 1.07. The number of hydrogen-bond donors (Lipinski definition) is 1. The molecule has 0 aliphatic rings. The second-order valence-electron chi connectivity index (χ2n) is 3.92. The highest BCUT2D eigenvalue weighted by atomic mass is 32.2. The Kier molecular flexibility index (Phi) is 4.60. The fourth-order valence-electron chi connectivity index (χ4n) is 1.53. The van der Waals surface area contributed by atoms with Crippen molar-refractivity contribution in [1.29, 1.82) is 0 Å². The number of unbranched alkanes of at least 4 members (excludes halogenated alkanes) is 3. The number of hydrogen-bond acceptors (Lipinski definition) is 6. The second kappa shape index (κ2) is 6.19. The van der Waals surface area contributed by atoms with E-state index in [4.69, 9.17) is 0 Å². The highest BCUT2D eigenvalue weighted by molar-refractivity contribution is 8.01. The smallest absolute Gasteiger partial charge is 0.277 e. The van der Waals surface area contributed by atoms with Gasteiger partial charge < -0.3 is 5.11 Å². The Hall–Kier alpha value is -1.08. The van der Waals surface area contributed by atoms with Gasteiger partial charge in [-0.25, -0.2) is 0 Å². The maximum Gasteiger partial charge on any atom is 0.277 e. The van der Waals surface area contributed by atoms with Crippen molar-refractivity contribution in [2.75, 3.05) is 5.75 Å². The fraction of sp³-hybridized carbons (Fsp3) is 0.545.